The fourth-order valence-electron chi connectivity index (χ4n) is 1.83. The number of nitro benzene ring substituents is 1. The average molecular weight is 281 g/mol. The Morgan fingerprint density at radius 3 is 2.70 bits per heavy atom. The number of carbonyl (C=O) groups is 1. The van der Waals surface area contributed by atoms with Gasteiger partial charge in [-0.25, -0.2) is 4.79 Å². The van der Waals surface area contributed by atoms with Crippen LogP contribution >= 0.6 is 0 Å². The first-order valence-corrected chi connectivity index (χ1v) is 6.46. The van der Waals surface area contributed by atoms with E-state index in [0.717, 1.165) is 6.42 Å². The minimum absolute atomic E-state index is 0.0167. The van der Waals surface area contributed by atoms with E-state index in [-0.39, 0.29) is 31.4 Å². The summed E-state index contributed by atoms with van der Waals surface area (Å²) in [5, 5.41) is 22.4. The van der Waals surface area contributed by atoms with E-state index < -0.39 is 4.92 Å². The number of hydrogen-bond donors (Lipinski definition) is 2. The SMILES string of the molecule is CCCN(CCO)C(=O)NCc1ccccc1[N+](=O)[O-]. The van der Waals surface area contributed by atoms with Crippen LogP contribution in [-0.4, -0.2) is 40.7 Å². The predicted molar refractivity (Wildman–Crippen MR) is 74.3 cm³/mol. The van der Waals surface area contributed by atoms with Crippen molar-refractivity contribution < 1.29 is 14.8 Å². The fourth-order valence-corrected chi connectivity index (χ4v) is 1.83. The van der Waals surface area contributed by atoms with Gasteiger partial charge in [-0.15, -0.1) is 0 Å². The van der Waals surface area contributed by atoms with Crippen molar-refractivity contribution in [3.05, 3.63) is 39.9 Å². The van der Waals surface area contributed by atoms with Crippen molar-refractivity contribution in [1.29, 1.82) is 0 Å². The molecule has 0 aliphatic rings. The number of aliphatic hydroxyl groups is 1. The second-order valence-corrected chi connectivity index (χ2v) is 4.26. The van der Waals surface area contributed by atoms with Gasteiger partial charge in [-0.1, -0.05) is 25.1 Å². The Hall–Kier alpha value is -2.15. The van der Waals surface area contributed by atoms with E-state index in [1.165, 1.54) is 11.0 Å². The van der Waals surface area contributed by atoms with E-state index in [1.807, 2.05) is 6.92 Å². The highest BCUT2D eigenvalue weighted by atomic mass is 16.6. The summed E-state index contributed by atoms with van der Waals surface area (Å²) < 4.78 is 0. The average Bonchev–Trinajstić information content (AvgIpc) is 2.44. The van der Waals surface area contributed by atoms with E-state index in [2.05, 4.69) is 5.32 Å². The lowest BCUT2D eigenvalue weighted by Gasteiger charge is -2.21. The van der Waals surface area contributed by atoms with Crippen LogP contribution in [0.3, 0.4) is 0 Å². The normalized spacial score (nSPS) is 10.1. The van der Waals surface area contributed by atoms with Crippen LogP contribution in [0, 0.1) is 10.1 Å². The predicted octanol–water partition coefficient (Wildman–Crippen LogP) is 1.51. The van der Waals surface area contributed by atoms with Crippen LogP contribution in [0.4, 0.5) is 10.5 Å². The minimum Gasteiger partial charge on any atom is -0.395 e. The maximum atomic E-state index is 11.9. The smallest absolute Gasteiger partial charge is 0.317 e. The Morgan fingerprint density at radius 2 is 2.10 bits per heavy atom. The van der Waals surface area contributed by atoms with E-state index in [4.69, 9.17) is 5.11 Å². The highest BCUT2D eigenvalue weighted by Gasteiger charge is 2.15. The number of para-hydroxylation sites is 1. The maximum Gasteiger partial charge on any atom is 0.317 e. The number of urea groups is 1. The third kappa shape index (κ3) is 4.51. The Kier molecular flexibility index (Phi) is 6.45. The first kappa shape index (κ1) is 15.9. The maximum absolute atomic E-state index is 11.9. The number of amides is 2. The third-order valence-electron chi connectivity index (χ3n) is 2.77. The molecule has 0 aliphatic heterocycles. The number of nitrogens with one attached hydrogen (secondary N) is 1. The molecule has 110 valence electrons. The van der Waals surface area contributed by atoms with Crippen LogP contribution in [0.5, 0.6) is 0 Å². The summed E-state index contributed by atoms with van der Waals surface area (Å²) >= 11 is 0. The number of hydrogen-bond acceptors (Lipinski definition) is 4. The van der Waals surface area contributed by atoms with Crippen molar-refractivity contribution in [1.82, 2.24) is 10.2 Å². The molecule has 1 rings (SSSR count). The van der Waals surface area contributed by atoms with Crippen molar-refractivity contribution >= 4 is 11.7 Å². The summed E-state index contributed by atoms with van der Waals surface area (Å²) in [6.45, 7) is 2.68. The van der Waals surface area contributed by atoms with E-state index in [1.54, 1.807) is 18.2 Å². The fraction of sp³-hybridized carbons (Fsp3) is 0.462. The molecule has 0 atom stereocenters. The second kappa shape index (κ2) is 8.11. The molecule has 0 radical (unpaired) electrons. The lowest BCUT2D eigenvalue weighted by Crippen LogP contribution is -2.41. The van der Waals surface area contributed by atoms with E-state index in [9.17, 15) is 14.9 Å². The standard InChI is InChI=1S/C13H19N3O4/c1-2-7-15(8-9-17)13(18)14-10-11-5-3-4-6-12(11)16(19)20/h3-6,17H,2,7-10H2,1H3,(H,14,18). The van der Waals surface area contributed by atoms with Gasteiger partial charge >= 0.3 is 6.03 Å². The zero-order valence-corrected chi connectivity index (χ0v) is 11.4. The first-order chi connectivity index (χ1) is 9.60. The van der Waals surface area contributed by atoms with Crippen LogP contribution in [0.15, 0.2) is 24.3 Å². The molecule has 0 bridgehead atoms. The van der Waals surface area contributed by atoms with Crippen molar-refractivity contribution in [3.8, 4) is 0 Å². The molecule has 0 heterocycles. The van der Waals surface area contributed by atoms with Crippen LogP contribution in [0.25, 0.3) is 0 Å². The lowest BCUT2D eigenvalue weighted by molar-refractivity contribution is -0.385. The van der Waals surface area contributed by atoms with Gasteiger partial charge in [-0.3, -0.25) is 10.1 Å². The van der Waals surface area contributed by atoms with E-state index >= 15 is 0 Å². The summed E-state index contributed by atoms with van der Waals surface area (Å²) in [6, 6.07) is 5.94. The largest absolute Gasteiger partial charge is 0.395 e. The molecule has 0 aliphatic carbocycles. The lowest BCUT2D eigenvalue weighted by atomic mass is 10.2. The Balaban J connectivity index is 2.66. The van der Waals surface area contributed by atoms with Gasteiger partial charge in [-0.05, 0) is 6.42 Å². The molecular formula is C13H19N3O4. The molecule has 0 spiro atoms. The van der Waals surface area contributed by atoms with Crippen molar-refractivity contribution in [2.75, 3.05) is 19.7 Å². The molecule has 0 saturated heterocycles. The molecule has 0 fully saturated rings. The molecule has 7 heteroatoms. The van der Waals surface area contributed by atoms with Gasteiger partial charge in [-0.2, -0.15) is 0 Å². The molecule has 0 saturated carbocycles. The van der Waals surface area contributed by atoms with Crippen molar-refractivity contribution in [3.63, 3.8) is 0 Å². The Morgan fingerprint density at radius 1 is 1.40 bits per heavy atom. The molecule has 1 aromatic rings. The number of nitrogens with zero attached hydrogens (tertiary/aromatic N) is 2. The zero-order chi connectivity index (χ0) is 15.0. The molecule has 2 amide bonds. The molecule has 0 aromatic heterocycles. The van der Waals surface area contributed by atoms with Gasteiger partial charge in [0.05, 0.1) is 18.1 Å². The molecule has 20 heavy (non-hydrogen) atoms. The number of nitro groups is 1. The van der Waals surface area contributed by atoms with Gasteiger partial charge in [0.2, 0.25) is 0 Å². The van der Waals surface area contributed by atoms with Gasteiger partial charge in [0.15, 0.2) is 0 Å². The van der Waals surface area contributed by atoms with Crippen LogP contribution in [-0.2, 0) is 6.54 Å². The zero-order valence-electron chi connectivity index (χ0n) is 11.4. The van der Waals surface area contributed by atoms with Crippen molar-refractivity contribution in [2.45, 2.75) is 19.9 Å². The van der Waals surface area contributed by atoms with Crippen LogP contribution in [0.2, 0.25) is 0 Å². The first-order valence-electron chi connectivity index (χ1n) is 6.46. The van der Waals surface area contributed by atoms with Crippen LogP contribution < -0.4 is 5.32 Å². The van der Waals surface area contributed by atoms with Crippen molar-refractivity contribution in [2.24, 2.45) is 0 Å². The summed E-state index contributed by atoms with van der Waals surface area (Å²) in [6.07, 6.45) is 0.777. The molecular weight excluding hydrogens is 262 g/mol. The Bertz CT molecular complexity index is 459. The summed E-state index contributed by atoms with van der Waals surface area (Å²) in [7, 11) is 0. The van der Waals surface area contributed by atoms with Gasteiger partial charge in [0.25, 0.3) is 5.69 Å². The summed E-state index contributed by atoms with van der Waals surface area (Å²) in [5.74, 6) is 0. The van der Waals surface area contributed by atoms with Crippen LogP contribution in [0.1, 0.15) is 18.9 Å². The highest BCUT2D eigenvalue weighted by molar-refractivity contribution is 5.74. The topological polar surface area (TPSA) is 95.7 Å². The Labute approximate surface area is 117 Å². The second-order valence-electron chi connectivity index (χ2n) is 4.26. The molecule has 2 N–H and O–H groups in total. The number of aliphatic hydroxyl groups excluding tert-OH is 1. The van der Waals surface area contributed by atoms with Gasteiger partial charge < -0.3 is 15.3 Å². The summed E-state index contributed by atoms with van der Waals surface area (Å²) in [5.41, 5.74) is 0.434. The monoisotopic (exact) mass is 281 g/mol. The number of benzene rings is 1. The van der Waals surface area contributed by atoms with Gasteiger partial charge in [0.1, 0.15) is 0 Å². The quantitative estimate of drug-likeness (QED) is 0.585. The van der Waals surface area contributed by atoms with Gasteiger partial charge in [0, 0.05) is 24.7 Å². The number of rotatable bonds is 7. The third-order valence-corrected chi connectivity index (χ3v) is 2.77. The highest BCUT2D eigenvalue weighted by Crippen LogP contribution is 2.17. The minimum atomic E-state index is -0.473. The molecule has 1 aromatic carbocycles. The van der Waals surface area contributed by atoms with E-state index in [0.29, 0.717) is 12.1 Å². The number of carbonyl (C=O) groups excluding carboxylic acids is 1. The molecule has 0 unspecified atom stereocenters. The summed E-state index contributed by atoms with van der Waals surface area (Å²) in [4.78, 5) is 23.8. The molecule has 7 nitrogen and oxygen atoms in total.